The normalized spacial score (nSPS) is 16.3. The standard InChI is InChI=1S/C23H24ClN3O/c24-18-7-8-19-17(15-25-21(19)14-18)4-3-11-27-12-9-16(10-13-27)23-20-5-1-2-6-22(20)28-26-23/h1-2,5-8,14-16,25H,3-4,9-13H2. The van der Waals surface area contributed by atoms with E-state index >= 15 is 0 Å². The van der Waals surface area contributed by atoms with Gasteiger partial charge < -0.3 is 14.4 Å². The molecule has 0 atom stereocenters. The van der Waals surface area contributed by atoms with Gasteiger partial charge in [0.1, 0.15) is 0 Å². The van der Waals surface area contributed by atoms with E-state index in [1.165, 1.54) is 22.8 Å². The molecular weight excluding hydrogens is 370 g/mol. The van der Waals surface area contributed by atoms with Crippen molar-refractivity contribution in [3.63, 3.8) is 0 Å². The lowest BCUT2D eigenvalue weighted by molar-refractivity contribution is 0.207. The summed E-state index contributed by atoms with van der Waals surface area (Å²) in [4.78, 5) is 5.93. The molecule has 1 aliphatic rings. The lowest BCUT2D eigenvalue weighted by atomic mass is 9.91. The van der Waals surface area contributed by atoms with Crippen LogP contribution in [0.15, 0.2) is 53.2 Å². The smallest absolute Gasteiger partial charge is 0.167 e. The van der Waals surface area contributed by atoms with Crippen molar-refractivity contribution in [3.8, 4) is 0 Å². The molecule has 0 amide bonds. The quantitative estimate of drug-likeness (QED) is 0.467. The predicted molar refractivity (Wildman–Crippen MR) is 114 cm³/mol. The number of aromatic nitrogens is 2. The number of benzene rings is 2. The van der Waals surface area contributed by atoms with E-state index in [4.69, 9.17) is 16.1 Å². The Hall–Kier alpha value is -2.30. The third kappa shape index (κ3) is 3.43. The van der Waals surface area contributed by atoms with Gasteiger partial charge in [0.2, 0.25) is 0 Å². The molecule has 0 aliphatic carbocycles. The highest BCUT2D eigenvalue weighted by Crippen LogP contribution is 2.32. The summed E-state index contributed by atoms with van der Waals surface area (Å²) in [6.07, 6.45) is 6.70. The van der Waals surface area contributed by atoms with Crippen molar-refractivity contribution in [2.75, 3.05) is 19.6 Å². The highest BCUT2D eigenvalue weighted by Gasteiger charge is 2.24. The molecule has 2 aromatic carbocycles. The van der Waals surface area contributed by atoms with E-state index in [1.54, 1.807) is 0 Å². The van der Waals surface area contributed by atoms with Gasteiger partial charge >= 0.3 is 0 Å². The van der Waals surface area contributed by atoms with Crippen LogP contribution in [0.5, 0.6) is 0 Å². The van der Waals surface area contributed by atoms with Gasteiger partial charge in [-0.05, 0) is 75.1 Å². The van der Waals surface area contributed by atoms with E-state index in [-0.39, 0.29) is 0 Å². The zero-order valence-corrected chi connectivity index (χ0v) is 16.6. The number of nitrogens with zero attached hydrogens (tertiary/aromatic N) is 2. The number of rotatable bonds is 5. The van der Waals surface area contributed by atoms with Crippen LogP contribution in [0.25, 0.3) is 21.9 Å². The van der Waals surface area contributed by atoms with Crippen molar-refractivity contribution < 1.29 is 4.52 Å². The van der Waals surface area contributed by atoms with Crippen molar-refractivity contribution in [1.29, 1.82) is 0 Å². The highest BCUT2D eigenvalue weighted by atomic mass is 35.5. The summed E-state index contributed by atoms with van der Waals surface area (Å²) in [5, 5.41) is 7.62. The monoisotopic (exact) mass is 393 g/mol. The zero-order valence-electron chi connectivity index (χ0n) is 15.8. The maximum absolute atomic E-state index is 6.08. The Morgan fingerprint density at radius 1 is 1.11 bits per heavy atom. The Balaban J connectivity index is 1.15. The number of nitrogens with one attached hydrogen (secondary N) is 1. The molecule has 2 aromatic heterocycles. The number of piperidine rings is 1. The average Bonchev–Trinajstić information content (AvgIpc) is 3.33. The number of H-pyrrole nitrogens is 1. The molecule has 0 unspecified atom stereocenters. The fraction of sp³-hybridized carbons (Fsp3) is 0.348. The predicted octanol–water partition coefficient (Wildman–Crippen LogP) is 5.77. The van der Waals surface area contributed by atoms with Gasteiger partial charge in [-0.2, -0.15) is 0 Å². The second-order valence-electron chi connectivity index (χ2n) is 7.79. The highest BCUT2D eigenvalue weighted by molar-refractivity contribution is 6.31. The van der Waals surface area contributed by atoms with E-state index in [0.717, 1.165) is 60.7 Å². The first-order valence-corrected chi connectivity index (χ1v) is 10.5. The first-order valence-electron chi connectivity index (χ1n) is 10.1. The zero-order chi connectivity index (χ0) is 18.9. The molecule has 4 aromatic rings. The Kier molecular flexibility index (Phi) is 4.83. The van der Waals surface area contributed by atoms with Crippen LogP contribution in [0.1, 0.15) is 36.4 Å². The first-order chi connectivity index (χ1) is 13.8. The maximum atomic E-state index is 6.08. The summed E-state index contributed by atoms with van der Waals surface area (Å²) in [5.41, 5.74) is 4.56. The number of para-hydroxylation sites is 1. The van der Waals surface area contributed by atoms with Crippen LogP contribution in [0.2, 0.25) is 5.02 Å². The molecule has 5 heteroatoms. The minimum absolute atomic E-state index is 0.512. The topological polar surface area (TPSA) is 45.1 Å². The van der Waals surface area contributed by atoms with Crippen LogP contribution >= 0.6 is 11.6 Å². The molecule has 1 N–H and O–H groups in total. The van der Waals surface area contributed by atoms with E-state index in [0.29, 0.717) is 5.92 Å². The Bertz CT molecular complexity index is 1090. The van der Waals surface area contributed by atoms with Gasteiger partial charge in [-0.3, -0.25) is 0 Å². The first kappa shape index (κ1) is 17.8. The van der Waals surface area contributed by atoms with E-state index < -0.39 is 0 Å². The summed E-state index contributed by atoms with van der Waals surface area (Å²) in [7, 11) is 0. The summed E-state index contributed by atoms with van der Waals surface area (Å²) < 4.78 is 5.50. The number of halogens is 1. The Morgan fingerprint density at radius 3 is 2.86 bits per heavy atom. The molecule has 1 aliphatic heterocycles. The van der Waals surface area contributed by atoms with Crippen molar-refractivity contribution in [1.82, 2.24) is 15.0 Å². The van der Waals surface area contributed by atoms with Crippen molar-refractivity contribution in [2.24, 2.45) is 0 Å². The third-order valence-electron chi connectivity index (χ3n) is 6.03. The molecule has 0 bridgehead atoms. The van der Waals surface area contributed by atoms with Gasteiger partial charge in [-0.1, -0.05) is 35.0 Å². The summed E-state index contributed by atoms with van der Waals surface area (Å²) in [5.74, 6) is 0.512. The second kappa shape index (κ2) is 7.61. The van der Waals surface area contributed by atoms with Crippen molar-refractivity contribution in [2.45, 2.75) is 31.6 Å². The van der Waals surface area contributed by atoms with Gasteiger partial charge in [0.05, 0.1) is 5.69 Å². The Morgan fingerprint density at radius 2 is 1.96 bits per heavy atom. The van der Waals surface area contributed by atoms with E-state index in [1.807, 2.05) is 24.3 Å². The molecule has 4 nitrogen and oxygen atoms in total. The fourth-order valence-corrected chi connectivity index (χ4v) is 4.66. The summed E-state index contributed by atoms with van der Waals surface area (Å²) in [6.45, 7) is 3.41. The molecule has 144 valence electrons. The summed E-state index contributed by atoms with van der Waals surface area (Å²) >= 11 is 6.08. The molecule has 0 saturated carbocycles. The summed E-state index contributed by atoms with van der Waals surface area (Å²) in [6, 6.07) is 14.3. The van der Waals surface area contributed by atoms with Gasteiger partial charge in [-0.15, -0.1) is 0 Å². The molecule has 28 heavy (non-hydrogen) atoms. The number of hydrogen-bond acceptors (Lipinski definition) is 3. The largest absolute Gasteiger partial charge is 0.361 e. The second-order valence-corrected chi connectivity index (χ2v) is 8.22. The Labute approximate surface area is 169 Å². The number of fused-ring (bicyclic) bond motifs is 2. The van der Waals surface area contributed by atoms with Crippen LogP contribution in [-0.2, 0) is 6.42 Å². The van der Waals surface area contributed by atoms with Gasteiger partial charge in [0.25, 0.3) is 0 Å². The maximum Gasteiger partial charge on any atom is 0.167 e. The molecule has 1 saturated heterocycles. The average molecular weight is 394 g/mol. The van der Waals surface area contributed by atoms with Gasteiger partial charge in [0.15, 0.2) is 5.58 Å². The van der Waals surface area contributed by atoms with E-state index in [2.05, 4.69) is 39.4 Å². The number of hydrogen-bond donors (Lipinski definition) is 1. The van der Waals surface area contributed by atoms with Crippen LogP contribution < -0.4 is 0 Å². The third-order valence-corrected chi connectivity index (χ3v) is 6.26. The number of likely N-dealkylation sites (tertiary alicyclic amines) is 1. The minimum atomic E-state index is 0.512. The van der Waals surface area contributed by atoms with Crippen LogP contribution in [0, 0.1) is 0 Å². The van der Waals surface area contributed by atoms with Crippen LogP contribution in [0.4, 0.5) is 0 Å². The number of aryl methyl sites for hydroxylation is 1. The molecular formula is C23H24ClN3O. The lowest BCUT2D eigenvalue weighted by Crippen LogP contribution is -2.34. The van der Waals surface area contributed by atoms with Gasteiger partial charge in [-0.25, -0.2) is 0 Å². The lowest BCUT2D eigenvalue weighted by Gasteiger charge is -2.31. The fourth-order valence-electron chi connectivity index (χ4n) is 4.49. The minimum Gasteiger partial charge on any atom is -0.361 e. The molecule has 0 spiro atoms. The van der Waals surface area contributed by atoms with Crippen LogP contribution in [-0.4, -0.2) is 34.7 Å². The van der Waals surface area contributed by atoms with Gasteiger partial charge in [0, 0.05) is 33.4 Å². The molecule has 3 heterocycles. The van der Waals surface area contributed by atoms with Crippen LogP contribution in [0.3, 0.4) is 0 Å². The van der Waals surface area contributed by atoms with Crippen molar-refractivity contribution >= 4 is 33.5 Å². The van der Waals surface area contributed by atoms with E-state index in [9.17, 15) is 0 Å². The molecule has 0 radical (unpaired) electrons. The number of aromatic amines is 1. The SMILES string of the molecule is Clc1ccc2c(CCCN3CCC(c4noc5ccccc45)CC3)c[nH]c2c1. The molecule has 5 rings (SSSR count). The molecule has 1 fully saturated rings. The van der Waals surface area contributed by atoms with Crippen molar-refractivity contribution in [3.05, 3.63) is 64.9 Å².